The molecule has 2 aliphatic heterocycles. The molecule has 2 heterocycles. The van der Waals surface area contributed by atoms with Gasteiger partial charge in [-0.1, -0.05) is 37.3 Å². The third kappa shape index (κ3) is 2.92. The maximum atomic E-state index is 12.7. The molecule has 2 saturated carbocycles. The highest BCUT2D eigenvalue weighted by Gasteiger charge is 2.64. The van der Waals surface area contributed by atoms with Crippen LogP contribution in [0.1, 0.15) is 57.6 Å². The molecule has 4 fully saturated rings. The number of epoxide rings is 1. The van der Waals surface area contributed by atoms with E-state index in [4.69, 9.17) is 9.47 Å². The highest BCUT2D eigenvalue weighted by Crippen LogP contribution is 2.62. The van der Waals surface area contributed by atoms with Gasteiger partial charge in [0.1, 0.15) is 6.10 Å². The van der Waals surface area contributed by atoms with E-state index in [9.17, 15) is 4.79 Å². The number of fused-ring (bicyclic) bond motifs is 3. The summed E-state index contributed by atoms with van der Waals surface area (Å²) in [6, 6.07) is 10.7. The zero-order valence-electron chi connectivity index (χ0n) is 16.4. The van der Waals surface area contributed by atoms with Crippen LogP contribution in [0.2, 0.25) is 0 Å². The Morgan fingerprint density at radius 2 is 2.04 bits per heavy atom. The van der Waals surface area contributed by atoms with Crippen LogP contribution in [0, 0.1) is 23.2 Å². The second-order valence-corrected chi connectivity index (χ2v) is 9.64. The largest absolute Gasteiger partial charge is 0.462 e. The topological polar surface area (TPSA) is 50.9 Å². The van der Waals surface area contributed by atoms with Gasteiger partial charge in [-0.15, -0.1) is 0 Å². The van der Waals surface area contributed by atoms with Crippen LogP contribution in [0.15, 0.2) is 30.3 Å². The van der Waals surface area contributed by atoms with Crippen molar-refractivity contribution in [1.82, 2.24) is 5.32 Å². The summed E-state index contributed by atoms with van der Waals surface area (Å²) in [5, 5.41) is 3.59. The predicted molar refractivity (Wildman–Crippen MR) is 103 cm³/mol. The van der Waals surface area contributed by atoms with E-state index in [1.807, 2.05) is 6.07 Å². The quantitative estimate of drug-likeness (QED) is 0.647. The summed E-state index contributed by atoms with van der Waals surface area (Å²) in [7, 11) is 0. The van der Waals surface area contributed by atoms with E-state index in [2.05, 4.69) is 43.4 Å². The molecule has 0 aromatic heterocycles. The SMILES string of the molecule is CC(NCC1C(=O)OC2CC3(C)CCCC4(CO4)C3CC21)c1ccccc1. The molecule has 0 radical (unpaired) electrons. The summed E-state index contributed by atoms with van der Waals surface area (Å²) in [4.78, 5) is 12.7. The molecule has 7 unspecified atom stereocenters. The van der Waals surface area contributed by atoms with Gasteiger partial charge in [0.2, 0.25) is 0 Å². The predicted octanol–water partition coefficient (Wildman–Crippen LogP) is 3.86. The summed E-state index contributed by atoms with van der Waals surface area (Å²) in [5.74, 6) is 0.906. The van der Waals surface area contributed by atoms with Crippen LogP contribution in [-0.2, 0) is 14.3 Å². The van der Waals surface area contributed by atoms with Crippen LogP contribution in [0.5, 0.6) is 0 Å². The number of benzene rings is 1. The van der Waals surface area contributed by atoms with Crippen LogP contribution in [0.4, 0.5) is 0 Å². The molecule has 1 N–H and O–H groups in total. The molecule has 27 heavy (non-hydrogen) atoms. The van der Waals surface area contributed by atoms with Crippen molar-refractivity contribution in [3.05, 3.63) is 35.9 Å². The van der Waals surface area contributed by atoms with Crippen molar-refractivity contribution >= 4 is 5.97 Å². The number of rotatable bonds is 4. The minimum atomic E-state index is -0.0246. The summed E-state index contributed by atoms with van der Waals surface area (Å²) in [5.41, 5.74) is 1.66. The summed E-state index contributed by atoms with van der Waals surface area (Å²) < 4.78 is 11.9. The Hall–Kier alpha value is -1.39. The van der Waals surface area contributed by atoms with Gasteiger partial charge in [-0.25, -0.2) is 0 Å². The molecule has 4 aliphatic rings. The molecule has 2 saturated heterocycles. The monoisotopic (exact) mass is 369 g/mol. The number of nitrogens with one attached hydrogen (secondary N) is 1. The first-order valence-corrected chi connectivity index (χ1v) is 10.6. The molecular formula is C23H31NO3. The molecule has 1 spiro atoms. The van der Waals surface area contributed by atoms with E-state index >= 15 is 0 Å². The van der Waals surface area contributed by atoms with Crippen LogP contribution < -0.4 is 5.32 Å². The number of esters is 1. The normalized spacial score (nSPS) is 43.7. The smallest absolute Gasteiger partial charge is 0.310 e. The lowest BCUT2D eigenvalue weighted by Gasteiger charge is -2.51. The molecule has 2 aliphatic carbocycles. The number of ether oxygens (including phenoxy) is 2. The molecule has 0 bridgehead atoms. The Labute approximate surface area is 162 Å². The van der Waals surface area contributed by atoms with Crippen LogP contribution in [-0.4, -0.2) is 30.8 Å². The molecule has 1 aromatic rings. The van der Waals surface area contributed by atoms with Gasteiger partial charge >= 0.3 is 5.97 Å². The third-order valence-electron chi connectivity index (χ3n) is 8.02. The van der Waals surface area contributed by atoms with Gasteiger partial charge in [0.05, 0.1) is 18.1 Å². The number of hydrogen-bond donors (Lipinski definition) is 1. The molecule has 4 nitrogen and oxygen atoms in total. The Morgan fingerprint density at radius 3 is 2.78 bits per heavy atom. The van der Waals surface area contributed by atoms with Crippen molar-refractivity contribution in [2.75, 3.05) is 13.2 Å². The van der Waals surface area contributed by atoms with Gasteiger partial charge in [-0.05, 0) is 55.9 Å². The summed E-state index contributed by atoms with van der Waals surface area (Å²) in [6.45, 7) is 6.20. The zero-order valence-corrected chi connectivity index (χ0v) is 16.4. The van der Waals surface area contributed by atoms with Crippen molar-refractivity contribution in [3.63, 3.8) is 0 Å². The Bertz CT molecular complexity index is 716. The van der Waals surface area contributed by atoms with E-state index in [0.717, 1.165) is 19.4 Å². The van der Waals surface area contributed by atoms with Gasteiger partial charge in [-0.3, -0.25) is 4.79 Å². The van der Waals surface area contributed by atoms with E-state index in [-0.39, 0.29) is 35.0 Å². The first-order valence-electron chi connectivity index (χ1n) is 10.6. The van der Waals surface area contributed by atoms with Crippen molar-refractivity contribution in [2.24, 2.45) is 23.2 Å². The Kier molecular flexibility index (Phi) is 4.14. The molecule has 7 atom stereocenters. The highest BCUT2D eigenvalue weighted by atomic mass is 16.6. The minimum absolute atomic E-state index is 0.00535. The highest BCUT2D eigenvalue weighted by molar-refractivity contribution is 5.75. The number of hydrogen-bond acceptors (Lipinski definition) is 4. The molecule has 4 heteroatoms. The van der Waals surface area contributed by atoms with Gasteiger partial charge in [0.15, 0.2) is 0 Å². The molecule has 1 aromatic carbocycles. The van der Waals surface area contributed by atoms with Crippen molar-refractivity contribution in [2.45, 2.75) is 63.7 Å². The van der Waals surface area contributed by atoms with Gasteiger partial charge in [0, 0.05) is 18.5 Å². The van der Waals surface area contributed by atoms with Gasteiger partial charge in [0.25, 0.3) is 0 Å². The lowest BCUT2D eigenvalue weighted by Crippen LogP contribution is -2.51. The number of carbonyl (C=O) groups is 1. The first-order chi connectivity index (χ1) is 13.0. The van der Waals surface area contributed by atoms with E-state index in [0.29, 0.717) is 18.4 Å². The van der Waals surface area contributed by atoms with Crippen LogP contribution in [0.25, 0.3) is 0 Å². The van der Waals surface area contributed by atoms with Crippen molar-refractivity contribution in [3.8, 4) is 0 Å². The van der Waals surface area contributed by atoms with Crippen molar-refractivity contribution in [1.29, 1.82) is 0 Å². The van der Waals surface area contributed by atoms with E-state index in [1.165, 1.54) is 24.8 Å². The lowest BCUT2D eigenvalue weighted by molar-refractivity contribution is -0.147. The number of carbonyl (C=O) groups excluding carboxylic acids is 1. The fourth-order valence-electron chi connectivity index (χ4n) is 6.35. The second kappa shape index (κ2) is 6.31. The molecule has 5 rings (SSSR count). The first kappa shape index (κ1) is 17.7. The second-order valence-electron chi connectivity index (χ2n) is 9.64. The van der Waals surface area contributed by atoms with E-state index in [1.54, 1.807) is 0 Å². The third-order valence-corrected chi connectivity index (χ3v) is 8.02. The maximum absolute atomic E-state index is 12.7. The zero-order chi connectivity index (χ0) is 18.6. The fraction of sp³-hybridized carbons (Fsp3) is 0.696. The molecular weight excluding hydrogens is 338 g/mol. The van der Waals surface area contributed by atoms with Crippen LogP contribution >= 0.6 is 0 Å². The summed E-state index contributed by atoms with van der Waals surface area (Å²) >= 11 is 0. The van der Waals surface area contributed by atoms with E-state index < -0.39 is 0 Å². The Morgan fingerprint density at radius 1 is 1.26 bits per heavy atom. The molecule has 0 amide bonds. The summed E-state index contributed by atoms with van der Waals surface area (Å²) in [6.07, 6.45) is 5.90. The lowest BCUT2D eigenvalue weighted by atomic mass is 9.53. The molecule has 146 valence electrons. The average Bonchev–Trinajstić information content (AvgIpc) is 3.36. The van der Waals surface area contributed by atoms with Crippen LogP contribution in [0.3, 0.4) is 0 Å². The average molecular weight is 370 g/mol. The Balaban J connectivity index is 1.30. The minimum Gasteiger partial charge on any atom is -0.462 e. The maximum Gasteiger partial charge on any atom is 0.310 e. The fourth-order valence-corrected chi connectivity index (χ4v) is 6.35. The van der Waals surface area contributed by atoms with Crippen molar-refractivity contribution < 1.29 is 14.3 Å². The van der Waals surface area contributed by atoms with Gasteiger partial charge < -0.3 is 14.8 Å². The standard InChI is InChI=1S/C23H31NO3/c1-15(16-7-4-3-5-8-16)24-13-18-17-11-20-22(2,12-19(17)27-21(18)25)9-6-10-23(20)14-26-23/h3-5,7-8,15,17-20,24H,6,9-14H2,1-2H3. The van der Waals surface area contributed by atoms with Gasteiger partial charge in [-0.2, -0.15) is 0 Å².